The normalized spacial score (nSPS) is 18.0. The Morgan fingerprint density at radius 2 is 2.20 bits per heavy atom. The zero-order valence-electron chi connectivity index (χ0n) is 17.4. The molecule has 1 aliphatic heterocycles. The summed E-state index contributed by atoms with van der Waals surface area (Å²) in [5.74, 6) is 1.72. The maximum Gasteiger partial charge on any atom is 0.155 e. The van der Waals surface area contributed by atoms with Crippen LogP contribution in [0.3, 0.4) is 0 Å². The third-order valence-electron chi connectivity index (χ3n) is 5.80. The molecule has 2 atom stereocenters. The van der Waals surface area contributed by atoms with Gasteiger partial charge in [0.1, 0.15) is 17.8 Å². The van der Waals surface area contributed by atoms with Crippen LogP contribution in [0.15, 0.2) is 42.9 Å². The van der Waals surface area contributed by atoms with Gasteiger partial charge in [-0.3, -0.25) is 4.79 Å². The Morgan fingerprint density at radius 1 is 1.33 bits per heavy atom. The molecule has 2 aromatic heterocycles. The Kier molecular flexibility index (Phi) is 6.23. The van der Waals surface area contributed by atoms with Crippen molar-refractivity contribution >= 4 is 39.9 Å². The molecule has 0 bridgehead atoms. The molecule has 4 rings (SSSR count). The molecule has 2 N–H and O–H groups in total. The second-order valence-corrected chi connectivity index (χ2v) is 8.87. The van der Waals surface area contributed by atoms with Crippen LogP contribution in [0.4, 0.5) is 11.5 Å². The third-order valence-corrected chi connectivity index (χ3v) is 6.04. The molecule has 0 amide bonds. The summed E-state index contributed by atoms with van der Waals surface area (Å²) < 4.78 is 0. The van der Waals surface area contributed by atoms with Crippen molar-refractivity contribution in [2.24, 2.45) is 11.8 Å². The molecular formula is C23H28ClN5O. The average Bonchev–Trinajstić information content (AvgIpc) is 3.21. The smallest absolute Gasteiger partial charge is 0.155 e. The van der Waals surface area contributed by atoms with Crippen molar-refractivity contribution in [3.8, 4) is 0 Å². The molecule has 7 heteroatoms. The van der Waals surface area contributed by atoms with Crippen molar-refractivity contribution in [2.75, 3.05) is 23.3 Å². The number of anilines is 2. The van der Waals surface area contributed by atoms with Gasteiger partial charge in [0.25, 0.3) is 0 Å². The molecule has 30 heavy (non-hydrogen) atoms. The number of Topliss-reactive ketones (excluding diaryl/α,β-unsaturated/α-hetero) is 1. The lowest BCUT2D eigenvalue weighted by atomic mass is 9.88. The summed E-state index contributed by atoms with van der Waals surface area (Å²) in [4.78, 5) is 27.5. The summed E-state index contributed by atoms with van der Waals surface area (Å²) >= 11 is 6.11. The Balaban J connectivity index is 1.44. The highest BCUT2D eigenvalue weighted by molar-refractivity contribution is 6.30. The topological polar surface area (TPSA) is 73.9 Å². The second-order valence-electron chi connectivity index (χ2n) is 8.44. The van der Waals surface area contributed by atoms with Crippen molar-refractivity contribution < 1.29 is 4.79 Å². The molecule has 3 aromatic rings. The third kappa shape index (κ3) is 4.59. The number of carbonyl (C=O) groups excluding carboxylic acids is 1. The quantitative estimate of drug-likeness (QED) is 0.561. The van der Waals surface area contributed by atoms with Gasteiger partial charge in [-0.1, -0.05) is 31.5 Å². The SMILES string of the molecule is CC(C)[C@@H](Nc1cccc(Cl)c1)C(=O)C[C@@H]1CCCN(c2ncnc3[nH]ccc23)C1. The predicted molar refractivity (Wildman–Crippen MR) is 122 cm³/mol. The van der Waals surface area contributed by atoms with Gasteiger partial charge in [0, 0.05) is 36.4 Å². The van der Waals surface area contributed by atoms with Crippen LogP contribution in [0.5, 0.6) is 0 Å². The van der Waals surface area contributed by atoms with E-state index in [2.05, 4.69) is 39.0 Å². The van der Waals surface area contributed by atoms with Crippen LogP contribution in [0, 0.1) is 11.8 Å². The standard InChI is InChI=1S/C23H28ClN5O/c1-15(2)21(28-18-7-3-6-17(24)12-18)20(30)11-16-5-4-10-29(13-16)23-19-8-9-25-22(19)26-14-27-23/h3,6-9,12,14-16,21,28H,4-5,10-11,13H2,1-2H3,(H,25,26,27)/t16-,21+/m0/s1. The minimum absolute atomic E-state index is 0.192. The molecule has 1 fully saturated rings. The Morgan fingerprint density at radius 3 is 3.00 bits per heavy atom. The Bertz CT molecular complexity index is 1020. The number of rotatable bonds is 7. The molecule has 0 spiro atoms. The van der Waals surface area contributed by atoms with Gasteiger partial charge in [-0.05, 0) is 48.9 Å². The van der Waals surface area contributed by atoms with Crippen LogP contribution in [-0.2, 0) is 4.79 Å². The van der Waals surface area contributed by atoms with Crippen molar-refractivity contribution in [2.45, 2.75) is 39.2 Å². The monoisotopic (exact) mass is 425 g/mol. The molecule has 1 aromatic carbocycles. The Hall–Kier alpha value is -2.60. The van der Waals surface area contributed by atoms with E-state index in [0.717, 1.165) is 48.5 Å². The number of hydrogen-bond donors (Lipinski definition) is 2. The van der Waals surface area contributed by atoms with E-state index >= 15 is 0 Å². The number of aromatic amines is 1. The van der Waals surface area contributed by atoms with Gasteiger partial charge in [-0.2, -0.15) is 0 Å². The fourth-order valence-electron chi connectivity index (χ4n) is 4.32. The first kappa shape index (κ1) is 20.7. The van der Waals surface area contributed by atoms with Crippen LogP contribution >= 0.6 is 11.6 Å². The summed E-state index contributed by atoms with van der Waals surface area (Å²) in [6.45, 7) is 5.95. The van der Waals surface area contributed by atoms with Crippen molar-refractivity contribution in [3.05, 3.63) is 47.9 Å². The van der Waals surface area contributed by atoms with Crippen LogP contribution in [0.1, 0.15) is 33.1 Å². The van der Waals surface area contributed by atoms with E-state index < -0.39 is 0 Å². The number of carbonyl (C=O) groups is 1. The lowest BCUT2D eigenvalue weighted by Crippen LogP contribution is -2.40. The lowest BCUT2D eigenvalue weighted by Gasteiger charge is -2.34. The number of H-pyrrole nitrogens is 1. The number of benzene rings is 1. The summed E-state index contributed by atoms with van der Waals surface area (Å²) in [6.07, 6.45) is 6.18. The minimum Gasteiger partial charge on any atom is -0.375 e. The van der Waals surface area contributed by atoms with Crippen LogP contribution in [-0.4, -0.2) is 39.9 Å². The number of ketones is 1. The second kappa shape index (κ2) is 9.04. The van der Waals surface area contributed by atoms with Crippen LogP contribution in [0.2, 0.25) is 5.02 Å². The van der Waals surface area contributed by atoms with Gasteiger partial charge in [-0.15, -0.1) is 0 Å². The molecule has 3 heterocycles. The van der Waals surface area contributed by atoms with Crippen LogP contribution < -0.4 is 10.2 Å². The van der Waals surface area contributed by atoms with Crippen LogP contribution in [0.25, 0.3) is 11.0 Å². The first-order valence-electron chi connectivity index (χ1n) is 10.6. The van der Waals surface area contributed by atoms with Gasteiger partial charge in [0.15, 0.2) is 5.78 Å². The number of aromatic nitrogens is 3. The largest absolute Gasteiger partial charge is 0.375 e. The number of nitrogens with zero attached hydrogens (tertiary/aromatic N) is 3. The molecule has 6 nitrogen and oxygen atoms in total. The minimum atomic E-state index is -0.228. The molecule has 0 aliphatic carbocycles. The fourth-order valence-corrected chi connectivity index (χ4v) is 4.51. The number of fused-ring (bicyclic) bond motifs is 1. The molecule has 158 valence electrons. The zero-order chi connectivity index (χ0) is 21.1. The summed E-state index contributed by atoms with van der Waals surface area (Å²) in [7, 11) is 0. The first-order chi connectivity index (χ1) is 14.5. The highest BCUT2D eigenvalue weighted by Crippen LogP contribution is 2.29. The Labute approximate surface area is 182 Å². The lowest BCUT2D eigenvalue weighted by molar-refractivity contribution is -0.121. The van der Waals surface area contributed by atoms with E-state index in [0.29, 0.717) is 17.4 Å². The zero-order valence-corrected chi connectivity index (χ0v) is 18.2. The maximum atomic E-state index is 13.2. The van der Waals surface area contributed by atoms with E-state index in [4.69, 9.17) is 11.6 Å². The van der Waals surface area contributed by atoms with Gasteiger partial charge < -0.3 is 15.2 Å². The molecule has 0 saturated carbocycles. The molecular weight excluding hydrogens is 398 g/mol. The molecule has 0 radical (unpaired) electrons. The van der Waals surface area contributed by atoms with E-state index in [1.165, 1.54) is 0 Å². The van der Waals surface area contributed by atoms with Crippen molar-refractivity contribution in [1.29, 1.82) is 0 Å². The van der Waals surface area contributed by atoms with E-state index in [9.17, 15) is 4.79 Å². The molecule has 0 unspecified atom stereocenters. The predicted octanol–water partition coefficient (Wildman–Crippen LogP) is 4.92. The maximum absolute atomic E-state index is 13.2. The number of halogens is 1. The summed E-state index contributed by atoms with van der Waals surface area (Å²) in [6, 6.07) is 9.34. The van der Waals surface area contributed by atoms with E-state index in [1.54, 1.807) is 6.33 Å². The van der Waals surface area contributed by atoms with E-state index in [-0.39, 0.29) is 17.7 Å². The first-order valence-corrected chi connectivity index (χ1v) is 11.0. The van der Waals surface area contributed by atoms with Crippen molar-refractivity contribution in [3.63, 3.8) is 0 Å². The number of nitrogens with one attached hydrogen (secondary N) is 2. The van der Waals surface area contributed by atoms with Gasteiger partial charge in [0.2, 0.25) is 0 Å². The van der Waals surface area contributed by atoms with E-state index in [1.807, 2.05) is 36.5 Å². The average molecular weight is 426 g/mol. The summed E-state index contributed by atoms with van der Waals surface area (Å²) in [5.41, 5.74) is 1.74. The molecule has 1 saturated heterocycles. The van der Waals surface area contributed by atoms with Gasteiger partial charge in [0.05, 0.1) is 11.4 Å². The number of piperidine rings is 1. The van der Waals surface area contributed by atoms with Crippen molar-refractivity contribution in [1.82, 2.24) is 15.0 Å². The summed E-state index contributed by atoms with van der Waals surface area (Å²) in [5, 5.41) is 5.10. The highest BCUT2D eigenvalue weighted by Gasteiger charge is 2.29. The fraction of sp³-hybridized carbons (Fsp3) is 0.435. The van der Waals surface area contributed by atoms with Gasteiger partial charge >= 0.3 is 0 Å². The van der Waals surface area contributed by atoms with Gasteiger partial charge in [-0.25, -0.2) is 9.97 Å². The highest BCUT2D eigenvalue weighted by atomic mass is 35.5. The number of hydrogen-bond acceptors (Lipinski definition) is 5. The molecule has 1 aliphatic rings.